The van der Waals surface area contributed by atoms with Gasteiger partial charge in [-0.2, -0.15) is 0 Å². The zero-order valence-electron chi connectivity index (χ0n) is 11.4. The second kappa shape index (κ2) is 7.07. The van der Waals surface area contributed by atoms with E-state index < -0.39 is 5.97 Å². The van der Waals surface area contributed by atoms with E-state index in [4.69, 9.17) is 19.0 Å². The molecule has 0 aliphatic rings. The van der Waals surface area contributed by atoms with Crippen LogP contribution < -0.4 is 0 Å². The Morgan fingerprint density at radius 2 is 1.95 bits per heavy atom. The van der Waals surface area contributed by atoms with Crippen LogP contribution in [0.4, 0.5) is 0 Å². The molecule has 0 saturated heterocycles. The average Bonchev–Trinajstić information content (AvgIpc) is 2.82. The van der Waals surface area contributed by atoms with Crippen molar-refractivity contribution in [1.29, 1.82) is 0 Å². The lowest BCUT2D eigenvalue weighted by Gasteiger charge is -2.04. The number of carbonyl (C=O) groups is 1. The van der Waals surface area contributed by atoms with Crippen LogP contribution in [0.5, 0.6) is 0 Å². The molecule has 20 heavy (non-hydrogen) atoms. The van der Waals surface area contributed by atoms with Crippen molar-refractivity contribution in [3.63, 3.8) is 0 Å². The summed E-state index contributed by atoms with van der Waals surface area (Å²) in [4.78, 5) is 11.2. The van der Waals surface area contributed by atoms with Crippen LogP contribution in [0.2, 0.25) is 0 Å². The van der Waals surface area contributed by atoms with Gasteiger partial charge in [-0.05, 0) is 12.5 Å². The Balaban J connectivity index is 2.04. The minimum Gasteiger partial charge on any atom is -0.475 e. The van der Waals surface area contributed by atoms with E-state index in [-0.39, 0.29) is 12.4 Å². The van der Waals surface area contributed by atoms with E-state index in [9.17, 15) is 4.79 Å². The average molecular weight is 278 g/mol. The quantitative estimate of drug-likeness (QED) is 0.751. The van der Waals surface area contributed by atoms with E-state index in [0.717, 1.165) is 11.8 Å². The summed E-state index contributed by atoms with van der Waals surface area (Å²) >= 11 is 0. The van der Waals surface area contributed by atoms with Crippen molar-refractivity contribution in [1.82, 2.24) is 0 Å². The van der Waals surface area contributed by atoms with Crippen LogP contribution >= 0.6 is 0 Å². The van der Waals surface area contributed by atoms with Gasteiger partial charge in [0, 0.05) is 17.6 Å². The first-order valence-corrected chi connectivity index (χ1v) is 6.63. The maximum atomic E-state index is 11.2. The van der Waals surface area contributed by atoms with Crippen LogP contribution in [0.1, 0.15) is 29.5 Å². The zero-order valence-corrected chi connectivity index (χ0v) is 11.4. The third kappa shape index (κ3) is 3.37. The van der Waals surface area contributed by atoms with E-state index in [1.807, 2.05) is 19.1 Å². The maximum Gasteiger partial charge on any atom is 0.372 e. The van der Waals surface area contributed by atoms with Gasteiger partial charge in [0.15, 0.2) is 0 Å². The molecule has 108 valence electrons. The van der Waals surface area contributed by atoms with Crippen LogP contribution in [0, 0.1) is 0 Å². The molecule has 1 aromatic heterocycles. The van der Waals surface area contributed by atoms with Gasteiger partial charge in [0.1, 0.15) is 5.58 Å². The number of furan rings is 1. The Kier molecular flexibility index (Phi) is 5.15. The van der Waals surface area contributed by atoms with Crippen LogP contribution in [-0.2, 0) is 16.1 Å². The Bertz CT molecular complexity index is 573. The molecule has 0 fully saturated rings. The minimum absolute atomic E-state index is 0.0549. The van der Waals surface area contributed by atoms with E-state index in [0.29, 0.717) is 31.0 Å². The topological polar surface area (TPSA) is 68.9 Å². The number of carboxylic acid groups (broad SMARTS) is 1. The molecule has 0 amide bonds. The standard InChI is InChI=1S/C15H18O5/c1-2-7-18-8-9-19-10-12-11-5-3-4-6-13(11)20-14(12)15(16)17/h3-6H,2,7-10H2,1H3,(H,16,17). The van der Waals surface area contributed by atoms with Gasteiger partial charge < -0.3 is 19.0 Å². The summed E-state index contributed by atoms with van der Waals surface area (Å²) in [6.45, 7) is 3.88. The largest absolute Gasteiger partial charge is 0.475 e. The van der Waals surface area contributed by atoms with Gasteiger partial charge in [0.2, 0.25) is 5.76 Å². The summed E-state index contributed by atoms with van der Waals surface area (Å²) in [6, 6.07) is 7.23. The summed E-state index contributed by atoms with van der Waals surface area (Å²) in [6.07, 6.45) is 0.968. The van der Waals surface area contributed by atoms with Crippen molar-refractivity contribution in [2.75, 3.05) is 19.8 Å². The molecule has 0 bridgehead atoms. The minimum atomic E-state index is -1.08. The Labute approximate surface area is 117 Å². The summed E-state index contributed by atoms with van der Waals surface area (Å²) in [7, 11) is 0. The number of para-hydroxylation sites is 1. The Hall–Kier alpha value is -1.85. The highest BCUT2D eigenvalue weighted by Gasteiger charge is 2.19. The van der Waals surface area contributed by atoms with E-state index in [1.165, 1.54) is 0 Å². The lowest BCUT2D eigenvalue weighted by molar-refractivity contribution is 0.0399. The zero-order chi connectivity index (χ0) is 14.4. The first-order chi connectivity index (χ1) is 9.74. The molecule has 0 saturated carbocycles. The van der Waals surface area contributed by atoms with Gasteiger partial charge in [-0.3, -0.25) is 0 Å². The van der Waals surface area contributed by atoms with Crippen molar-refractivity contribution in [2.24, 2.45) is 0 Å². The number of rotatable bonds is 8. The molecular weight excluding hydrogens is 260 g/mol. The SMILES string of the molecule is CCCOCCOCc1c(C(=O)O)oc2ccccc12. The van der Waals surface area contributed by atoms with Crippen LogP contribution in [0.3, 0.4) is 0 Å². The number of ether oxygens (including phenoxy) is 2. The van der Waals surface area contributed by atoms with E-state index in [2.05, 4.69) is 0 Å². The number of aromatic carboxylic acids is 1. The summed E-state index contributed by atoms with van der Waals surface area (Å²) in [5.74, 6) is -1.14. The fraction of sp³-hybridized carbons (Fsp3) is 0.400. The first kappa shape index (κ1) is 14.6. The van der Waals surface area contributed by atoms with Crippen LogP contribution in [-0.4, -0.2) is 30.9 Å². The van der Waals surface area contributed by atoms with E-state index in [1.54, 1.807) is 12.1 Å². The number of hydrogen-bond acceptors (Lipinski definition) is 4. The van der Waals surface area contributed by atoms with Gasteiger partial charge in [-0.1, -0.05) is 25.1 Å². The van der Waals surface area contributed by atoms with Crippen molar-refractivity contribution in [3.05, 3.63) is 35.6 Å². The lowest BCUT2D eigenvalue weighted by atomic mass is 10.1. The second-order valence-electron chi connectivity index (χ2n) is 4.38. The normalized spacial score (nSPS) is 11.1. The molecule has 5 heteroatoms. The van der Waals surface area contributed by atoms with Crippen molar-refractivity contribution in [2.45, 2.75) is 20.0 Å². The first-order valence-electron chi connectivity index (χ1n) is 6.63. The third-order valence-corrected chi connectivity index (χ3v) is 2.86. The molecule has 1 heterocycles. The molecule has 2 aromatic rings. The number of hydrogen-bond donors (Lipinski definition) is 1. The molecule has 1 aromatic carbocycles. The maximum absolute atomic E-state index is 11.2. The molecular formula is C15H18O5. The molecule has 1 N–H and O–H groups in total. The third-order valence-electron chi connectivity index (χ3n) is 2.86. The van der Waals surface area contributed by atoms with Crippen LogP contribution in [0.15, 0.2) is 28.7 Å². The predicted octanol–water partition coefficient (Wildman–Crippen LogP) is 3.07. The van der Waals surface area contributed by atoms with Gasteiger partial charge in [-0.15, -0.1) is 0 Å². The fourth-order valence-electron chi connectivity index (χ4n) is 1.95. The van der Waals surface area contributed by atoms with Gasteiger partial charge >= 0.3 is 5.97 Å². The Morgan fingerprint density at radius 3 is 2.70 bits per heavy atom. The predicted molar refractivity (Wildman–Crippen MR) is 73.9 cm³/mol. The lowest BCUT2D eigenvalue weighted by Crippen LogP contribution is -2.06. The number of carboxylic acids is 1. The molecule has 0 radical (unpaired) electrons. The summed E-state index contributed by atoms with van der Waals surface area (Å²) in [5, 5.41) is 9.94. The smallest absolute Gasteiger partial charge is 0.372 e. The summed E-state index contributed by atoms with van der Waals surface area (Å²) in [5.41, 5.74) is 1.13. The van der Waals surface area contributed by atoms with Crippen LogP contribution in [0.25, 0.3) is 11.0 Å². The number of benzene rings is 1. The monoisotopic (exact) mass is 278 g/mol. The molecule has 0 aliphatic carbocycles. The van der Waals surface area contributed by atoms with Crippen molar-refractivity contribution < 1.29 is 23.8 Å². The highest BCUT2D eigenvalue weighted by Crippen LogP contribution is 2.26. The fourth-order valence-corrected chi connectivity index (χ4v) is 1.95. The second-order valence-corrected chi connectivity index (χ2v) is 4.38. The molecule has 5 nitrogen and oxygen atoms in total. The van der Waals surface area contributed by atoms with Crippen molar-refractivity contribution >= 4 is 16.9 Å². The number of fused-ring (bicyclic) bond motifs is 1. The molecule has 0 atom stereocenters. The Morgan fingerprint density at radius 1 is 1.20 bits per heavy atom. The molecule has 2 rings (SSSR count). The molecule has 0 aliphatic heterocycles. The van der Waals surface area contributed by atoms with Crippen molar-refractivity contribution in [3.8, 4) is 0 Å². The highest BCUT2D eigenvalue weighted by atomic mass is 16.5. The molecule has 0 unspecified atom stereocenters. The summed E-state index contributed by atoms with van der Waals surface area (Å²) < 4.78 is 16.1. The van der Waals surface area contributed by atoms with Gasteiger partial charge in [0.05, 0.1) is 19.8 Å². The van der Waals surface area contributed by atoms with Gasteiger partial charge in [-0.25, -0.2) is 4.79 Å². The molecule has 0 spiro atoms. The van der Waals surface area contributed by atoms with E-state index >= 15 is 0 Å². The van der Waals surface area contributed by atoms with Gasteiger partial charge in [0.25, 0.3) is 0 Å². The highest BCUT2D eigenvalue weighted by molar-refractivity contribution is 5.94.